The summed E-state index contributed by atoms with van der Waals surface area (Å²) in [7, 11) is 0. The van der Waals surface area contributed by atoms with Gasteiger partial charge in [-0.2, -0.15) is 0 Å². The summed E-state index contributed by atoms with van der Waals surface area (Å²) in [6.07, 6.45) is 3.75. The molecule has 0 unspecified atom stereocenters. The van der Waals surface area contributed by atoms with Gasteiger partial charge in [-0.15, -0.1) is 0 Å². The number of amides is 1. The molecule has 1 aromatic heterocycles. The molecule has 3 aromatic rings. The first-order valence-electron chi connectivity index (χ1n) is 10.3. The minimum Gasteiger partial charge on any atom is -0.322 e. The van der Waals surface area contributed by atoms with Crippen LogP contribution in [0.15, 0.2) is 60.8 Å². The second-order valence-electron chi connectivity index (χ2n) is 7.71. The van der Waals surface area contributed by atoms with Crippen LogP contribution in [0.1, 0.15) is 39.8 Å². The van der Waals surface area contributed by atoms with E-state index in [1.165, 1.54) is 5.56 Å². The number of nitrogens with one attached hydrogen (secondary N) is 1. The van der Waals surface area contributed by atoms with E-state index in [1.54, 1.807) is 30.5 Å². The van der Waals surface area contributed by atoms with E-state index in [1.807, 2.05) is 6.92 Å². The quantitative estimate of drug-likeness (QED) is 0.626. The fraction of sp³-hybridized carbons (Fsp3) is 0.292. The number of halogens is 1. The number of anilines is 1. The average molecular weight is 421 g/mol. The Morgan fingerprint density at radius 3 is 2.67 bits per heavy atom. The molecule has 5 nitrogen and oxygen atoms in total. The van der Waals surface area contributed by atoms with Crippen molar-refractivity contribution < 1.29 is 4.79 Å². The Labute approximate surface area is 182 Å². The molecule has 0 bridgehead atoms. The molecular weight excluding hydrogens is 396 g/mol. The summed E-state index contributed by atoms with van der Waals surface area (Å²) >= 11 is 5.90. The SMILES string of the molecule is Cc1nc([C@H]2CCN(CCc3ccccc3)C2)ncc1C(=O)Nc1ccc(Cl)cc1. The van der Waals surface area contributed by atoms with Gasteiger partial charge in [-0.3, -0.25) is 4.79 Å². The van der Waals surface area contributed by atoms with Crippen LogP contribution in [0, 0.1) is 6.92 Å². The van der Waals surface area contributed by atoms with Gasteiger partial charge in [0.1, 0.15) is 5.82 Å². The standard InChI is InChI=1S/C24H25ClN4O/c1-17-22(24(30)28-21-9-7-20(25)8-10-21)15-26-23(27-17)19-12-14-29(16-19)13-11-18-5-3-2-4-6-18/h2-10,15,19H,11-14,16H2,1H3,(H,28,30)/t19-/m0/s1. The first-order chi connectivity index (χ1) is 14.6. The summed E-state index contributed by atoms with van der Waals surface area (Å²) < 4.78 is 0. The second-order valence-corrected chi connectivity index (χ2v) is 8.15. The molecule has 2 aromatic carbocycles. The van der Waals surface area contributed by atoms with Gasteiger partial charge in [0, 0.05) is 35.9 Å². The Balaban J connectivity index is 1.36. The average Bonchev–Trinajstić information content (AvgIpc) is 3.23. The molecule has 30 heavy (non-hydrogen) atoms. The minimum atomic E-state index is -0.211. The number of benzene rings is 2. The summed E-state index contributed by atoms with van der Waals surface area (Å²) in [6, 6.07) is 17.6. The number of carbonyl (C=O) groups is 1. The van der Waals surface area contributed by atoms with Crippen LogP contribution in [0.3, 0.4) is 0 Å². The van der Waals surface area contributed by atoms with Gasteiger partial charge >= 0.3 is 0 Å². The molecule has 1 atom stereocenters. The number of rotatable bonds is 6. The highest BCUT2D eigenvalue weighted by Gasteiger charge is 2.26. The van der Waals surface area contributed by atoms with Crippen LogP contribution in [-0.4, -0.2) is 40.4 Å². The van der Waals surface area contributed by atoms with Gasteiger partial charge in [-0.25, -0.2) is 9.97 Å². The van der Waals surface area contributed by atoms with E-state index in [2.05, 4.69) is 50.5 Å². The normalized spacial score (nSPS) is 16.5. The van der Waals surface area contributed by atoms with Crippen LogP contribution < -0.4 is 5.32 Å². The monoisotopic (exact) mass is 420 g/mol. The summed E-state index contributed by atoms with van der Waals surface area (Å²) in [5.74, 6) is 0.933. The molecule has 1 aliphatic rings. The number of likely N-dealkylation sites (tertiary alicyclic amines) is 1. The summed E-state index contributed by atoms with van der Waals surface area (Å²) in [5.41, 5.74) is 3.25. The predicted molar refractivity (Wildman–Crippen MR) is 120 cm³/mol. The molecule has 0 spiro atoms. The Morgan fingerprint density at radius 2 is 1.93 bits per heavy atom. The minimum absolute atomic E-state index is 0.211. The lowest BCUT2D eigenvalue weighted by Gasteiger charge is -2.16. The topological polar surface area (TPSA) is 58.1 Å². The van der Waals surface area contributed by atoms with Crippen molar-refractivity contribution in [3.8, 4) is 0 Å². The van der Waals surface area contributed by atoms with E-state index in [0.717, 1.165) is 38.3 Å². The van der Waals surface area contributed by atoms with E-state index in [-0.39, 0.29) is 5.91 Å². The third-order valence-corrected chi connectivity index (χ3v) is 5.79. The van der Waals surface area contributed by atoms with Crippen molar-refractivity contribution in [2.45, 2.75) is 25.7 Å². The molecular formula is C24H25ClN4O. The number of hydrogen-bond donors (Lipinski definition) is 1. The highest BCUT2D eigenvalue weighted by molar-refractivity contribution is 6.30. The van der Waals surface area contributed by atoms with Crippen molar-refractivity contribution in [2.24, 2.45) is 0 Å². The molecule has 4 rings (SSSR count). The number of hydrogen-bond acceptors (Lipinski definition) is 4. The zero-order valence-corrected chi connectivity index (χ0v) is 17.8. The van der Waals surface area contributed by atoms with Gasteiger partial charge in [0.25, 0.3) is 5.91 Å². The fourth-order valence-corrected chi connectivity index (χ4v) is 3.94. The zero-order valence-electron chi connectivity index (χ0n) is 17.0. The maximum Gasteiger partial charge on any atom is 0.259 e. The van der Waals surface area contributed by atoms with Gasteiger partial charge in [0.05, 0.1) is 11.3 Å². The van der Waals surface area contributed by atoms with E-state index in [4.69, 9.17) is 11.6 Å². The Morgan fingerprint density at radius 1 is 1.17 bits per heavy atom. The molecule has 1 aliphatic heterocycles. The second kappa shape index (κ2) is 9.37. The molecule has 154 valence electrons. The number of aryl methyl sites for hydroxylation is 1. The lowest BCUT2D eigenvalue weighted by molar-refractivity contribution is 0.102. The van der Waals surface area contributed by atoms with E-state index in [0.29, 0.717) is 27.9 Å². The van der Waals surface area contributed by atoms with Crippen molar-refractivity contribution >= 4 is 23.2 Å². The van der Waals surface area contributed by atoms with E-state index >= 15 is 0 Å². The Bertz CT molecular complexity index is 1010. The summed E-state index contributed by atoms with van der Waals surface area (Å²) in [6.45, 7) is 4.92. The van der Waals surface area contributed by atoms with Crippen molar-refractivity contribution in [3.63, 3.8) is 0 Å². The Kier molecular flexibility index (Phi) is 6.41. The maximum absolute atomic E-state index is 12.6. The van der Waals surface area contributed by atoms with Crippen LogP contribution in [0.2, 0.25) is 5.02 Å². The molecule has 6 heteroatoms. The van der Waals surface area contributed by atoms with Crippen LogP contribution in [0.4, 0.5) is 5.69 Å². The van der Waals surface area contributed by atoms with Crippen LogP contribution in [0.25, 0.3) is 0 Å². The van der Waals surface area contributed by atoms with Crippen molar-refractivity contribution in [1.82, 2.24) is 14.9 Å². The predicted octanol–water partition coefficient (Wildman–Crippen LogP) is 4.72. The molecule has 0 aliphatic carbocycles. The van der Waals surface area contributed by atoms with Gasteiger partial charge in [0.15, 0.2) is 0 Å². The molecule has 0 saturated carbocycles. The van der Waals surface area contributed by atoms with Crippen LogP contribution in [0.5, 0.6) is 0 Å². The highest BCUT2D eigenvalue weighted by atomic mass is 35.5. The molecule has 2 heterocycles. The van der Waals surface area contributed by atoms with Crippen LogP contribution >= 0.6 is 11.6 Å². The van der Waals surface area contributed by atoms with Gasteiger partial charge in [-0.1, -0.05) is 41.9 Å². The van der Waals surface area contributed by atoms with E-state index < -0.39 is 0 Å². The maximum atomic E-state index is 12.6. The highest BCUT2D eigenvalue weighted by Crippen LogP contribution is 2.25. The largest absolute Gasteiger partial charge is 0.322 e. The third-order valence-electron chi connectivity index (χ3n) is 5.54. The van der Waals surface area contributed by atoms with Gasteiger partial charge in [-0.05, 0) is 56.1 Å². The smallest absolute Gasteiger partial charge is 0.259 e. The molecule has 1 fully saturated rings. The van der Waals surface area contributed by atoms with Crippen molar-refractivity contribution in [1.29, 1.82) is 0 Å². The summed E-state index contributed by atoms with van der Waals surface area (Å²) in [4.78, 5) is 24.3. The molecule has 0 radical (unpaired) electrons. The first-order valence-corrected chi connectivity index (χ1v) is 10.6. The van der Waals surface area contributed by atoms with Gasteiger partial charge in [0.2, 0.25) is 0 Å². The Hall–Kier alpha value is -2.76. The molecule has 1 N–H and O–H groups in total. The zero-order chi connectivity index (χ0) is 20.9. The lowest BCUT2D eigenvalue weighted by atomic mass is 10.1. The molecule has 1 saturated heterocycles. The molecule has 1 amide bonds. The lowest BCUT2D eigenvalue weighted by Crippen LogP contribution is -2.23. The first kappa shape index (κ1) is 20.5. The van der Waals surface area contributed by atoms with E-state index in [9.17, 15) is 4.79 Å². The van der Waals surface area contributed by atoms with Crippen molar-refractivity contribution in [2.75, 3.05) is 25.0 Å². The van der Waals surface area contributed by atoms with Crippen molar-refractivity contribution in [3.05, 3.63) is 88.5 Å². The fourth-order valence-electron chi connectivity index (χ4n) is 3.81. The number of aromatic nitrogens is 2. The summed E-state index contributed by atoms with van der Waals surface area (Å²) in [5, 5.41) is 3.50. The third kappa shape index (κ3) is 5.04. The number of carbonyl (C=O) groups excluding carboxylic acids is 1. The van der Waals surface area contributed by atoms with Gasteiger partial charge < -0.3 is 10.2 Å². The number of nitrogens with zero attached hydrogens (tertiary/aromatic N) is 3. The van der Waals surface area contributed by atoms with Crippen LogP contribution in [-0.2, 0) is 6.42 Å².